The normalized spacial score (nSPS) is 15.7. The van der Waals surface area contributed by atoms with Crippen molar-refractivity contribution < 1.29 is 23.6 Å². The lowest BCUT2D eigenvalue weighted by atomic mass is 10.1. The van der Waals surface area contributed by atoms with E-state index >= 15 is 0 Å². The molecule has 1 fully saturated rings. The lowest BCUT2D eigenvalue weighted by Gasteiger charge is -2.19. The van der Waals surface area contributed by atoms with Crippen LogP contribution in [0.2, 0.25) is 0 Å². The summed E-state index contributed by atoms with van der Waals surface area (Å²) < 4.78 is 12.7. The first-order valence-corrected chi connectivity index (χ1v) is 5.19. The van der Waals surface area contributed by atoms with Crippen molar-refractivity contribution in [1.29, 1.82) is 0 Å². The Balaban J connectivity index is 2.11. The number of carbonyl (C=O) groups is 4. The number of amides is 5. The molecule has 1 aromatic carbocycles. The van der Waals surface area contributed by atoms with Crippen LogP contribution in [0.4, 0.5) is 14.9 Å². The minimum absolute atomic E-state index is 0.226. The third-order valence-corrected chi connectivity index (χ3v) is 2.37. The number of nitrogens with one attached hydrogen (secondary N) is 3. The van der Waals surface area contributed by atoms with E-state index < -0.39 is 35.5 Å². The number of benzene rings is 1. The van der Waals surface area contributed by atoms with Crippen molar-refractivity contribution in [3.8, 4) is 0 Å². The van der Waals surface area contributed by atoms with Gasteiger partial charge in [-0.15, -0.1) is 0 Å². The second-order valence-corrected chi connectivity index (χ2v) is 3.74. The van der Waals surface area contributed by atoms with Gasteiger partial charge < -0.3 is 5.32 Å². The third kappa shape index (κ3) is 2.73. The van der Waals surface area contributed by atoms with Gasteiger partial charge in [0, 0.05) is 5.69 Å². The molecule has 1 aliphatic heterocycles. The first kappa shape index (κ1) is 12.7. The van der Waals surface area contributed by atoms with Crippen LogP contribution in [0.15, 0.2) is 24.3 Å². The van der Waals surface area contributed by atoms with Crippen molar-refractivity contribution >= 4 is 29.4 Å². The maximum Gasteiger partial charge on any atom is 0.328 e. The van der Waals surface area contributed by atoms with Gasteiger partial charge in [0.1, 0.15) is 5.82 Å². The maximum atomic E-state index is 12.7. The zero-order valence-electron chi connectivity index (χ0n) is 9.40. The molecule has 0 bridgehead atoms. The molecule has 0 aromatic heterocycles. The summed E-state index contributed by atoms with van der Waals surface area (Å²) in [5.74, 6) is -5.07. The highest BCUT2D eigenvalue weighted by atomic mass is 19.1. The lowest BCUT2D eigenvalue weighted by Crippen LogP contribution is -2.58. The lowest BCUT2D eigenvalue weighted by molar-refractivity contribution is -0.141. The highest BCUT2D eigenvalue weighted by molar-refractivity contribution is 6.28. The zero-order valence-corrected chi connectivity index (χ0v) is 9.40. The molecule has 7 nitrogen and oxygen atoms in total. The molecule has 1 heterocycles. The predicted molar refractivity (Wildman–Crippen MR) is 60.2 cm³/mol. The number of rotatable bonds is 2. The van der Waals surface area contributed by atoms with Gasteiger partial charge in [0.15, 0.2) is 5.92 Å². The second kappa shape index (κ2) is 4.84. The van der Waals surface area contributed by atoms with Gasteiger partial charge in [-0.25, -0.2) is 9.18 Å². The number of imide groups is 2. The Morgan fingerprint density at radius 1 is 1.05 bits per heavy atom. The average molecular weight is 265 g/mol. The van der Waals surface area contributed by atoms with Gasteiger partial charge in [0.05, 0.1) is 0 Å². The molecule has 0 radical (unpaired) electrons. The zero-order chi connectivity index (χ0) is 14.0. The number of anilines is 1. The molecule has 1 aliphatic rings. The Morgan fingerprint density at radius 2 is 1.58 bits per heavy atom. The number of halogens is 1. The number of hydrogen-bond acceptors (Lipinski definition) is 4. The van der Waals surface area contributed by atoms with Crippen molar-refractivity contribution in [2.75, 3.05) is 5.32 Å². The van der Waals surface area contributed by atoms with Crippen LogP contribution < -0.4 is 16.0 Å². The quantitative estimate of drug-likeness (QED) is 0.641. The van der Waals surface area contributed by atoms with E-state index in [0.29, 0.717) is 0 Å². The van der Waals surface area contributed by atoms with Crippen molar-refractivity contribution in [2.24, 2.45) is 5.92 Å². The minimum Gasteiger partial charge on any atom is -0.325 e. The van der Waals surface area contributed by atoms with Crippen LogP contribution in [0, 0.1) is 11.7 Å². The van der Waals surface area contributed by atoms with E-state index in [4.69, 9.17) is 0 Å². The molecule has 5 amide bonds. The maximum absolute atomic E-state index is 12.7. The van der Waals surface area contributed by atoms with E-state index in [0.717, 1.165) is 12.1 Å². The molecule has 0 saturated carbocycles. The number of carbonyl (C=O) groups excluding carboxylic acids is 4. The summed E-state index contributed by atoms with van der Waals surface area (Å²) >= 11 is 0. The standard InChI is InChI=1S/C11H8FN3O4/c12-5-1-3-6(4-2-5)13-8(16)7-9(17)14-11(19)15-10(7)18/h1-4,7H,(H,13,16)(H2,14,15,17,18,19). The first-order chi connectivity index (χ1) is 8.97. The monoisotopic (exact) mass is 265 g/mol. The Labute approximate surface area is 106 Å². The first-order valence-electron chi connectivity index (χ1n) is 5.19. The Bertz CT molecular complexity index is 550. The summed E-state index contributed by atoms with van der Waals surface area (Å²) in [6, 6.07) is 3.80. The number of hydrogen-bond donors (Lipinski definition) is 3. The molecule has 98 valence electrons. The van der Waals surface area contributed by atoms with Gasteiger partial charge in [-0.3, -0.25) is 25.0 Å². The van der Waals surface area contributed by atoms with Crippen LogP contribution in [0.5, 0.6) is 0 Å². The van der Waals surface area contributed by atoms with Crippen molar-refractivity contribution in [3.05, 3.63) is 30.1 Å². The molecule has 1 aromatic rings. The van der Waals surface area contributed by atoms with E-state index in [1.54, 1.807) is 10.6 Å². The smallest absolute Gasteiger partial charge is 0.325 e. The van der Waals surface area contributed by atoms with Crippen LogP contribution in [-0.2, 0) is 14.4 Å². The van der Waals surface area contributed by atoms with Crippen molar-refractivity contribution in [1.82, 2.24) is 10.6 Å². The van der Waals surface area contributed by atoms with E-state index in [-0.39, 0.29) is 5.69 Å². The summed E-state index contributed by atoms with van der Waals surface area (Å²) in [6.07, 6.45) is 0. The van der Waals surface area contributed by atoms with E-state index in [1.807, 2.05) is 0 Å². The Kier molecular flexibility index (Phi) is 3.23. The van der Waals surface area contributed by atoms with E-state index in [9.17, 15) is 23.6 Å². The average Bonchev–Trinajstić information content (AvgIpc) is 2.30. The summed E-state index contributed by atoms with van der Waals surface area (Å²) in [5, 5.41) is 5.89. The number of barbiturate groups is 1. The van der Waals surface area contributed by atoms with Crippen LogP contribution in [-0.4, -0.2) is 23.8 Å². The SMILES string of the molecule is O=C1NC(=O)C(C(=O)Nc2ccc(F)cc2)C(=O)N1. The minimum atomic E-state index is -1.66. The molecule has 0 unspecified atom stereocenters. The van der Waals surface area contributed by atoms with Crippen LogP contribution >= 0.6 is 0 Å². The fraction of sp³-hybridized carbons (Fsp3) is 0.0909. The second-order valence-electron chi connectivity index (χ2n) is 3.74. The van der Waals surface area contributed by atoms with Gasteiger partial charge in [-0.1, -0.05) is 0 Å². The summed E-state index contributed by atoms with van der Waals surface area (Å²) in [5.41, 5.74) is 0.226. The van der Waals surface area contributed by atoms with Gasteiger partial charge >= 0.3 is 6.03 Å². The molecule has 0 aliphatic carbocycles. The highest BCUT2D eigenvalue weighted by Crippen LogP contribution is 2.11. The van der Waals surface area contributed by atoms with E-state index in [2.05, 4.69) is 5.32 Å². The van der Waals surface area contributed by atoms with Crippen LogP contribution in [0.1, 0.15) is 0 Å². The summed E-state index contributed by atoms with van der Waals surface area (Å²) in [6.45, 7) is 0. The molecule has 3 N–H and O–H groups in total. The fourth-order valence-corrected chi connectivity index (χ4v) is 1.50. The highest BCUT2D eigenvalue weighted by Gasteiger charge is 2.39. The topological polar surface area (TPSA) is 104 Å². The summed E-state index contributed by atoms with van der Waals surface area (Å²) in [4.78, 5) is 45.3. The van der Waals surface area contributed by atoms with E-state index in [1.165, 1.54) is 12.1 Å². The van der Waals surface area contributed by atoms with Crippen molar-refractivity contribution in [3.63, 3.8) is 0 Å². The predicted octanol–water partition coefficient (Wildman–Crippen LogP) is -0.254. The Hall–Kier alpha value is -2.77. The van der Waals surface area contributed by atoms with Crippen molar-refractivity contribution in [2.45, 2.75) is 0 Å². The molecule has 0 atom stereocenters. The number of urea groups is 1. The molecule has 2 rings (SSSR count). The van der Waals surface area contributed by atoms with Gasteiger partial charge in [-0.2, -0.15) is 0 Å². The molecule has 19 heavy (non-hydrogen) atoms. The van der Waals surface area contributed by atoms with Gasteiger partial charge in [0.25, 0.3) is 0 Å². The van der Waals surface area contributed by atoms with Crippen LogP contribution in [0.25, 0.3) is 0 Å². The fourth-order valence-electron chi connectivity index (χ4n) is 1.50. The molecule has 8 heteroatoms. The molecule has 1 saturated heterocycles. The molecular weight excluding hydrogens is 257 g/mol. The van der Waals surface area contributed by atoms with Gasteiger partial charge in [0.2, 0.25) is 17.7 Å². The largest absolute Gasteiger partial charge is 0.328 e. The molecular formula is C11H8FN3O4. The third-order valence-electron chi connectivity index (χ3n) is 2.37. The summed E-state index contributed by atoms with van der Waals surface area (Å²) in [7, 11) is 0. The van der Waals surface area contributed by atoms with Crippen LogP contribution in [0.3, 0.4) is 0 Å². The van der Waals surface area contributed by atoms with Gasteiger partial charge in [-0.05, 0) is 24.3 Å². The Morgan fingerprint density at radius 3 is 2.11 bits per heavy atom. The molecule has 0 spiro atoms.